The number of sulfonamides is 1. The first-order valence-corrected chi connectivity index (χ1v) is 7.47. The van der Waals surface area contributed by atoms with Crippen molar-refractivity contribution in [3.05, 3.63) is 48.4 Å². The molecule has 6 heteroatoms. The molecule has 0 atom stereocenters. The van der Waals surface area contributed by atoms with Crippen LogP contribution in [0.3, 0.4) is 0 Å². The Bertz CT molecular complexity index is 621. The first-order valence-electron chi connectivity index (χ1n) is 5.98. The maximum Gasteiger partial charge on any atom is 0.243 e. The van der Waals surface area contributed by atoms with Crippen molar-refractivity contribution in [1.29, 1.82) is 0 Å². The monoisotopic (exact) mass is 280 g/mol. The zero-order chi connectivity index (χ0) is 13.7. The maximum atomic E-state index is 12.2. The second-order valence-electron chi connectivity index (χ2n) is 3.93. The Kier molecular flexibility index (Phi) is 4.24. The van der Waals surface area contributed by atoms with Crippen molar-refractivity contribution < 1.29 is 12.8 Å². The molecule has 19 heavy (non-hydrogen) atoms. The van der Waals surface area contributed by atoms with E-state index < -0.39 is 10.0 Å². The van der Waals surface area contributed by atoms with Crippen molar-refractivity contribution in [3.63, 3.8) is 0 Å². The Labute approximate surface area is 112 Å². The molecule has 1 aromatic carbocycles. The Balaban J connectivity index is 2.19. The van der Waals surface area contributed by atoms with E-state index in [1.807, 2.05) is 6.92 Å². The molecular weight excluding hydrogens is 264 g/mol. The van der Waals surface area contributed by atoms with Crippen LogP contribution in [-0.2, 0) is 16.6 Å². The average Bonchev–Trinajstić information content (AvgIpc) is 2.91. The fraction of sp³-hybridized carbons (Fsp3) is 0.231. The van der Waals surface area contributed by atoms with Crippen LogP contribution in [0.4, 0.5) is 5.69 Å². The minimum absolute atomic E-state index is 0.135. The van der Waals surface area contributed by atoms with E-state index in [2.05, 4.69) is 10.0 Å². The van der Waals surface area contributed by atoms with Gasteiger partial charge in [0.1, 0.15) is 10.7 Å². The Morgan fingerprint density at radius 2 is 1.95 bits per heavy atom. The highest BCUT2D eigenvalue weighted by Gasteiger charge is 2.17. The highest BCUT2D eigenvalue weighted by Crippen LogP contribution is 2.20. The van der Waals surface area contributed by atoms with Crippen molar-refractivity contribution in [2.75, 3.05) is 11.9 Å². The summed E-state index contributed by atoms with van der Waals surface area (Å²) in [6.07, 6.45) is 1.51. The maximum absolute atomic E-state index is 12.2. The average molecular weight is 280 g/mol. The number of para-hydroxylation sites is 1. The van der Waals surface area contributed by atoms with Gasteiger partial charge in [0.2, 0.25) is 10.0 Å². The van der Waals surface area contributed by atoms with Crippen molar-refractivity contribution >= 4 is 15.7 Å². The van der Waals surface area contributed by atoms with Crippen molar-refractivity contribution in [3.8, 4) is 0 Å². The summed E-state index contributed by atoms with van der Waals surface area (Å²) in [6.45, 7) is 2.71. The quantitative estimate of drug-likeness (QED) is 0.851. The third kappa shape index (κ3) is 3.36. The standard InChI is InChI=1S/C13H16N2O3S/c1-2-14-12-7-3-4-8-13(12)19(16,17)15-10-11-6-5-9-18-11/h3-9,14-15H,2,10H2,1H3. The molecule has 1 aromatic heterocycles. The highest BCUT2D eigenvalue weighted by molar-refractivity contribution is 7.89. The molecule has 0 amide bonds. The van der Waals surface area contributed by atoms with Crippen molar-refractivity contribution in [1.82, 2.24) is 4.72 Å². The molecule has 2 N–H and O–H groups in total. The summed E-state index contributed by atoms with van der Waals surface area (Å²) >= 11 is 0. The molecule has 0 bridgehead atoms. The first-order chi connectivity index (χ1) is 9.13. The Hall–Kier alpha value is -1.79. The van der Waals surface area contributed by atoms with Crippen LogP contribution in [0, 0.1) is 0 Å². The van der Waals surface area contributed by atoms with E-state index in [0.29, 0.717) is 18.0 Å². The van der Waals surface area contributed by atoms with Gasteiger partial charge in [0.15, 0.2) is 0 Å². The second-order valence-corrected chi connectivity index (χ2v) is 5.67. The van der Waals surface area contributed by atoms with Gasteiger partial charge in [0.05, 0.1) is 18.5 Å². The normalized spacial score (nSPS) is 11.4. The molecule has 0 radical (unpaired) electrons. The lowest BCUT2D eigenvalue weighted by Crippen LogP contribution is -2.24. The van der Waals surface area contributed by atoms with Gasteiger partial charge in [-0.25, -0.2) is 13.1 Å². The summed E-state index contributed by atoms with van der Waals surface area (Å²) in [5.74, 6) is 0.574. The number of rotatable bonds is 6. The van der Waals surface area contributed by atoms with Gasteiger partial charge in [0.25, 0.3) is 0 Å². The summed E-state index contributed by atoms with van der Waals surface area (Å²) in [4.78, 5) is 0.239. The number of benzene rings is 1. The molecule has 0 unspecified atom stereocenters. The van der Waals surface area contributed by atoms with E-state index in [-0.39, 0.29) is 11.4 Å². The van der Waals surface area contributed by atoms with Crippen LogP contribution in [0.5, 0.6) is 0 Å². The fourth-order valence-corrected chi connectivity index (χ4v) is 2.87. The molecule has 102 valence electrons. The van der Waals surface area contributed by atoms with E-state index in [9.17, 15) is 8.42 Å². The highest BCUT2D eigenvalue weighted by atomic mass is 32.2. The van der Waals surface area contributed by atoms with Crippen LogP contribution in [0.2, 0.25) is 0 Å². The topological polar surface area (TPSA) is 71.3 Å². The summed E-state index contributed by atoms with van der Waals surface area (Å²) in [7, 11) is -3.56. The van der Waals surface area contributed by atoms with Crippen LogP contribution in [-0.4, -0.2) is 15.0 Å². The van der Waals surface area contributed by atoms with Gasteiger partial charge in [-0.05, 0) is 31.2 Å². The van der Waals surface area contributed by atoms with E-state index in [4.69, 9.17) is 4.42 Å². The molecule has 0 aliphatic rings. The van der Waals surface area contributed by atoms with Crippen LogP contribution in [0.25, 0.3) is 0 Å². The zero-order valence-corrected chi connectivity index (χ0v) is 11.4. The third-order valence-electron chi connectivity index (χ3n) is 2.56. The van der Waals surface area contributed by atoms with Gasteiger partial charge in [0, 0.05) is 6.54 Å². The molecule has 0 aliphatic carbocycles. The molecule has 0 saturated carbocycles. The molecule has 5 nitrogen and oxygen atoms in total. The Morgan fingerprint density at radius 1 is 1.16 bits per heavy atom. The van der Waals surface area contributed by atoms with E-state index in [1.54, 1.807) is 36.4 Å². The minimum Gasteiger partial charge on any atom is -0.468 e. The Morgan fingerprint density at radius 3 is 2.63 bits per heavy atom. The van der Waals surface area contributed by atoms with Gasteiger partial charge in [-0.1, -0.05) is 12.1 Å². The summed E-state index contributed by atoms with van der Waals surface area (Å²) in [5.41, 5.74) is 0.594. The van der Waals surface area contributed by atoms with Crippen molar-refractivity contribution in [2.24, 2.45) is 0 Å². The molecule has 2 rings (SSSR count). The van der Waals surface area contributed by atoms with Gasteiger partial charge in [-0.3, -0.25) is 0 Å². The first kappa shape index (κ1) is 13.6. The SMILES string of the molecule is CCNc1ccccc1S(=O)(=O)NCc1ccco1. The fourth-order valence-electron chi connectivity index (χ4n) is 1.69. The van der Waals surface area contributed by atoms with Crippen LogP contribution in [0.15, 0.2) is 52.0 Å². The van der Waals surface area contributed by atoms with E-state index in [1.165, 1.54) is 6.26 Å². The number of hydrogen-bond donors (Lipinski definition) is 2. The summed E-state index contributed by atoms with van der Waals surface area (Å²) < 4.78 is 32.1. The number of furan rings is 1. The number of hydrogen-bond acceptors (Lipinski definition) is 4. The minimum atomic E-state index is -3.56. The molecule has 2 aromatic rings. The number of anilines is 1. The molecule has 0 saturated heterocycles. The smallest absolute Gasteiger partial charge is 0.243 e. The number of nitrogens with one attached hydrogen (secondary N) is 2. The van der Waals surface area contributed by atoms with Gasteiger partial charge >= 0.3 is 0 Å². The predicted molar refractivity (Wildman–Crippen MR) is 73.3 cm³/mol. The van der Waals surface area contributed by atoms with Crippen molar-refractivity contribution in [2.45, 2.75) is 18.4 Å². The molecule has 0 aliphatic heterocycles. The lowest BCUT2D eigenvalue weighted by atomic mass is 10.3. The van der Waals surface area contributed by atoms with Crippen LogP contribution in [0.1, 0.15) is 12.7 Å². The van der Waals surface area contributed by atoms with E-state index >= 15 is 0 Å². The summed E-state index contributed by atoms with van der Waals surface area (Å²) in [5, 5.41) is 3.03. The molecule has 0 spiro atoms. The third-order valence-corrected chi connectivity index (χ3v) is 4.02. The molecule has 0 fully saturated rings. The lowest BCUT2D eigenvalue weighted by Gasteiger charge is -2.11. The molecular formula is C13H16N2O3S. The largest absolute Gasteiger partial charge is 0.468 e. The lowest BCUT2D eigenvalue weighted by molar-refractivity contribution is 0.498. The van der Waals surface area contributed by atoms with Gasteiger partial charge < -0.3 is 9.73 Å². The van der Waals surface area contributed by atoms with Gasteiger partial charge in [-0.15, -0.1) is 0 Å². The van der Waals surface area contributed by atoms with Crippen LogP contribution >= 0.6 is 0 Å². The predicted octanol–water partition coefficient (Wildman–Crippen LogP) is 2.19. The van der Waals surface area contributed by atoms with E-state index in [0.717, 1.165) is 0 Å². The second kappa shape index (κ2) is 5.90. The molecule has 1 heterocycles. The van der Waals surface area contributed by atoms with Gasteiger partial charge in [-0.2, -0.15) is 0 Å². The summed E-state index contributed by atoms with van der Waals surface area (Å²) in [6, 6.07) is 10.2. The van der Waals surface area contributed by atoms with Crippen LogP contribution < -0.4 is 10.0 Å². The zero-order valence-electron chi connectivity index (χ0n) is 10.6.